The number of aliphatic hydroxyl groups is 2. The second kappa shape index (κ2) is 12.5. The Morgan fingerprint density at radius 1 is 1.24 bits per heavy atom. The number of nitrogens with one attached hydrogen (secondary N) is 1. The number of aromatic nitrogens is 2. The molecule has 0 bridgehead atoms. The second-order valence-electron chi connectivity index (χ2n) is 6.81. The average Bonchev–Trinajstić information content (AvgIpc) is 2.95. The lowest BCUT2D eigenvalue weighted by Crippen LogP contribution is -2.36. The third-order valence-corrected chi connectivity index (χ3v) is 4.36. The van der Waals surface area contributed by atoms with Gasteiger partial charge in [0.2, 0.25) is 0 Å². The van der Waals surface area contributed by atoms with Crippen LogP contribution in [0.2, 0.25) is 0 Å². The zero-order chi connectivity index (χ0) is 22.0. The number of rotatable bonds is 7. The van der Waals surface area contributed by atoms with E-state index in [0.717, 1.165) is 23.6 Å². The maximum atomic E-state index is 14.1. The van der Waals surface area contributed by atoms with Crippen LogP contribution in [0.1, 0.15) is 66.0 Å². The number of ether oxygens (including phenoxy) is 2. The minimum atomic E-state index is -1.41. The number of halogens is 1. The predicted molar refractivity (Wildman–Crippen MR) is 105 cm³/mol. The molecule has 0 aromatic carbocycles. The molecule has 1 saturated heterocycles. The van der Waals surface area contributed by atoms with Crippen molar-refractivity contribution < 1.29 is 28.9 Å². The van der Waals surface area contributed by atoms with Crippen molar-refractivity contribution in [1.82, 2.24) is 9.55 Å². The van der Waals surface area contributed by atoms with Gasteiger partial charge in [0.15, 0.2) is 17.9 Å². The minimum Gasteiger partial charge on any atom is -0.449 e. The van der Waals surface area contributed by atoms with Crippen LogP contribution in [-0.4, -0.2) is 50.8 Å². The molecule has 2 heterocycles. The van der Waals surface area contributed by atoms with E-state index >= 15 is 0 Å². The first-order valence-electron chi connectivity index (χ1n) is 10.0. The van der Waals surface area contributed by atoms with Gasteiger partial charge in [0.25, 0.3) is 0 Å². The molecule has 0 saturated carbocycles. The van der Waals surface area contributed by atoms with Crippen molar-refractivity contribution in [3.05, 3.63) is 22.5 Å². The molecule has 3 N–H and O–H groups in total. The molecular formula is C19H32FN3O6. The van der Waals surface area contributed by atoms with Gasteiger partial charge in [-0.15, -0.1) is 0 Å². The highest BCUT2D eigenvalue weighted by molar-refractivity contribution is 5.83. The summed E-state index contributed by atoms with van der Waals surface area (Å²) in [5.41, 5.74) is -0.951. The highest BCUT2D eigenvalue weighted by Gasteiger charge is 2.42. The van der Waals surface area contributed by atoms with E-state index in [-0.39, 0.29) is 6.61 Å². The molecule has 0 unspecified atom stereocenters. The third kappa shape index (κ3) is 7.37. The summed E-state index contributed by atoms with van der Waals surface area (Å²) in [5.74, 6) is -1.59. The number of carbonyl (C=O) groups excluding carboxylic acids is 1. The van der Waals surface area contributed by atoms with Gasteiger partial charge in [-0.2, -0.15) is 4.98 Å². The first-order chi connectivity index (χ1) is 13.8. The Balaban J connectivity index is 0.000000960. The fraction of sp³-hybridized carbons (Fsp3) is 0.737. The highest BCUT2D eigenvalue weighted by atomic mass is 19.1. The van der Waals surface area contributed by atoms with Crippen LogP contribution < -0.4 is 11.0 Å². The lowest BCUT2D eigenvalue weighted by atomic mass is 10.1. The topological polar surface area (TPSA) is 123 Å². The van der Waals surface area contributed by atoms with Gasteiger partial charge in [0.05, 0.1) is 18.9 Å². The Morgan fingerprint density at radius 3 is 2.41 bits per heavy atom. The summed E-state index contributed by atoms with van der Waals surface area (Å²) >= 11 is 0. The molecular weight excluding hydrogens is 385 g/mol. The summed E-state index contributed by atoms with van der Waals surface area (Å²) in [6.45, 7) is 8.04. The lowest BCUT2D eigenvalue weighted by molar-refractivity contribution is -0.0355. The molecule has 1 amide bonds. The maximum absolute atomic E-state index is 14.1. The van der Waals surface area contributed by atoms with E-state index in [0.29, 0.717) is 6.42 Å². The van der Waals surface area contributed by atoms with Crippen LogP contribution in [-0.2, 0) is 9.47 Å². The molecule has 0 aliphatic carbocycles. The van der Waals surface area contributed by atoms with Crippen LogP contribution in [0.15, 0.2) is 11.0 Å². The smallest absolute Gasteiger partial charge is 0.412 e. The molecule has 29 heavy (non-hydrogen) atoms. The molecule has 1 aliphatic rings. The summed E-state index contributed by atoms with van der Waals surface area (Å²) in [5, 5.41) is 21.6. The zero-order valence-corrected chi connectivity index (χ0v) is 17.4. The molecule has 0 radical (unpaired) electrons. The lowest BCUT2D eigenvalue weighted by Gasteiger charge is -2.17. The van der Waals surface area contributed by atoms with Crippen LogP contribution in [0.3, 0.4) is 0 Å². The molecule has 0 spiro atoms. The van der Waals surface area contributed by atoms with Crippen molar-refractivity contribution in [3.8, 4) is 0 Å². The van der Waals surface area contributed by atoms with Crippen molar-refractivity contribution in [3.63, 3.8) is 0 Å². The normalized spacial score (nSPS) is 23.3. The third-order valence-electron chi connectivity index (χ3n) is 4.36. The Morgan fingerprint density at radius 2 is 1.90 bits per heavy atom. The standard InChI is InChI=1S/C15H22FN3O6.C4H10/c1-3-4-5-6-24-15(23)18-12-9(16)7-19(14(22)17-12)13-11(21)10(20)8(2)25-13;1-3-4-2/h7-8,10-11,13,20-21H,3-6H2,1-2H3,(H,17,18,22,23);3-4H2,1-2H3/t8-,10-,11-,13-;/m1./s1. The molecule has 10 heteroatoms. The Labute approximate surface area is 169 Å². The SMILES string of the molecule is CCCC.CCCCCOC(=O)Nc1nc(=O)n([C@@H]2O[C@H](C)[C@@H](O)[C@H]2O)cc1F. The highest BCUT2D eigenvalue weighted by Crippen LogP contribution is 2.28. The van der Waals surface area contributed by atoms with Crippen molar-refractivity contribution in [2.75, 3.05) is 11.9 Å². The molecule has 4 atom stereocenters. The maximum Gasteiger partial charge on any atom is 0.412 e. The predicted octanol–water partition coefficient (Wildman–Crippen LogP) is 2.57. The number of hydrogen-bond donors (Lipinski definition) is 3. The number of nitrogens with zero attached hydrogens (tertiary/aromatic N) is 2. The quantitative estimate of drug-likeness (QED) is 0.583. The Bertz CT molecular complexity index is 697. The largest absolute Gasteiger partial charge is 0.449 e. The summed E-state index contributed by atoms with van der Waals surface area (Å²) in [7, 11) is 0. The number of anilines is 1. The zero-order valence-electron chi connectivity index (χ0n) is 17.4. The summed E-state index contributed by atoms with van der Waals surface area (Å²) < 4.78 is 24.9. The summed E-state index contributed by atoms with van der Waals surface area (Å²) in [6.07, 6.45) is 0.388. The van der Waals surface area contributed by atoms with Crippen molar-refractivity contribution in [2.45, 2.75) is 84.3 Å². The van der Waals surface area contributed by atoms with Gasteiger partial charge >= 0.3 is 11.8 Å². The summed E-state index contributed by atoms with van der Waals surface area (Å²) in [4.78, 5) is 27.0. The fourth-order valence-electron chi connectivity index (χ4n) is 2.42. The van der Waals surface area contributed by atoms with Gasteiger partial charge < -0.3 is 19.7 Å². The number of amides is 1. The number of aliphatic hydroxyl groups excluding tert-OH is 2. The molecule has 1 aliphatic heterocycles. The molecule has 166 valence electrons. The number of unbranched alkanes of at least 4 members (excludes halogenated alkanes) is 3. The van der Waals surface area contributed by atoms with Crippen LogP contribution in [0.25, 0.3) is 0 Å². The van der Waals surface area contributed by atoms with Gasteiger partial charge in [-0.05, 0) is 13.3 Å². The summed E-state index contributed by atoms with van der Waals surface area (Å²) in [6, 6.07) is 0. The molecule has 1 aromatic heterocycles. The Kier molecular flexibility index (Phi) is 10.8. The van der Waals surface area contributed by atoms with Crippen molar-refractivity contribution >= 4 is 11.9 Å². The monoisotopic (exact) mass is 417 g/mol. The number of hydrogen-bond acceptors (Lipinski definition) is 7. The van der Waals surface area contributed by atoms with E-state index in [1.165, 1.54) is 19.8 Å². The van der Waals surface area contributed by atoms with Gasteiger partial charge in [-0.25, -0.2) is 14.0 Å². The van der Waals surface area contributed by atoms with Crippen molar-refractivity contribution in [2.24, 2.45) is 0 Å². The molecule has 9 nitrogen and oxygen atoms in total. The van der Waals surface area contributed by atoms with Gasteiger partial charge in [0, 0.05) is 0 Å². The Hall–Kier alpha value is -2.04. The second-order valence-corrected chi connectivity index (χ2v) is 6.81. The average molecular weight is 417 g/mol. The van der Waals surface area contributed by atoms with Crippen LogP contribution in [0, 0.1) is 5.82 Å². The van der Waals surface area contributed by atoms with Gasteiger partial charge in [0.1, 0.15) is 12.2 Å². The molecule has 1 fully saturated rings. The van der Waals surface area contributed by atoms with E-state index in [4.69, 9.17) is 9.47 Å². The van der Waals surface area contributed by atoms with Gasteiger partial charge in [-0.3, -0.25) is 9.88 Å². The van der Waals surface area contributed by atoms with Crippen LogP contribution in [0.5, 0.6) is 0 Å². The van der Waals surface area contributed by atoms with E-state index in [1.807, 2.05) is 6.92 Å². The molecule has 1 aromatic rings. The first kappa shape index (κ1) is 25.0. The van der Waals surface area contributed by atoms with E-state index < -0.39 is 48.0 Å². The van der Waals surface area contributed by atoms with Crippen LogP contribution >= 0.6 is 0 Å². The van der Waals surface area contributed by atoms with Crippen LogP contribution in [0.4, 0.5) is 15.0 Å². The molecule has 2 rings (SSSR count). The van der Waals surface area contributed by atoms with E-state index in [2.05, 4.69) is 24.1 Å². The van der Waals surface area contributed by atoms with Gasteiger partial charge in [-0.1, -0.05) is 46.5 Å². The fourth-order valence-corrected chi connectivity index (χ4v) is 2.42. The number of carbonyl (C=O) groups is 1. The van der Waals surface area contributed by atoms with E-state index in [9.17, 15) is 24.2 Å². The first-order valence-corrected chi connectivity index (χ1v) is 10.0. The van der Waals surface area contributed by atoms with E-state index in [1.54, 1.807) is 0 Å². The minimum absolute atomic E-state index is 0.177. The van der Waals surface area contributed by atoms with Crippen molar-refractivity contribution in [1.29, 1.82) is 0 Å².